The van der Waals surface area contributed by atoms with Crippen molar-refractivity contribution >= 4 is 62.2 Å². The predicted molar refractivity (Wildman–Crippen MR) is 203 cm³/mol. The van der Waals surface area contributed by atoms with Gasteiger partial charge in [-0.15, -0.1) is 0 Å². The number of hydrogen-bond donors (Lipinski definition) is 2. The summed E-state index contributed by atoms with van der Waals surface area (Å²) in [5.41, 5.74) is 7.86. The molecule has 9 rings (SSSR count). The molecule has 240 valence electrons. The van der Waals surface area contributed by atoms with Gasteiger partial charge >= 0.3 is 153 Å². The van der Waals surface area contributed by atoms with Crippen LogP contribution in [-0.2, 0) is 16.1 Å². The van der Waals surface area contributed by atoms with Crippen molar-refractivity contribution in [2.75, 3.05) is 0 Å². The SMILES string of the molecule is C1=Cc2cc3ccc(cc4nc(cc5ccc(cc1n2)[nH]5)C=C4)[nH]3.c1cc[c]([Pt]([c]2ccccc2)([c]2ccccc2)[c]2ccccc2)cc1. The first-order valence-electron chi connectivity index (χ1n) is 16.1. The summed E-state index contributed by atoms with van der Waals surface area (Å²) in [6, 6.07) is 60.6. The van der Waals surface area contributed by atoms with Crippen LogP contribution in [0.5, 0.6) is 0 Å². The Hall–Kier alpha value is -5.83. The van der Waals surface area contributed by atoms with E-state index in [0.717, 1.165) is 44.8 Å². The molecule has 4 aromatic carbocycles. The quantitative estimate of drug-likeness (QED) is 0.189. The average Bonchev–Trinajstić information content (AvgIpc) is 3.98. The summed E-state index contributed by atoms with van der Waals surface area (Å²) in [4.78, 5) is 16.0. The third kappa shape index (κ3) is 6.52. The molecule has 49 heavy (non-hydrogen) atoms. The van der Waals surface area contributed by atoms with Gasteiger partial charge in [-0.2, -0.15) is 0 Å². The number of fused-ring (bicyclic) bond motifs is 8. The molecule has 5 heteroatoms. The van der Waals surface area contributed by atoms with Crippen molar-refractivity contribution in [3.05, 3.63) is 193 Å². The van der Waals surface area contributed by atoms with E-state index in [2.05, 4.69) is 166 Å². The van der Waals surface area contributed by atoms with Crippen LogP contribution >= 0.6 is 0 Å². The monoisotopic (exact) mass is 813 g/mol. The molecule has 2 aliphatic rings. The van der Waals surface area contributed by atoms with Crippen molar-refractivity contribution in [3.63, 3.8) is 0 Å². The minimum atomic E-state index is -2.89. The second kappa shape index (κ2) is 13.7. The van der Waals surface area contributed by atoms with Gasteiger partial charge in [-0.05, 0) is 72.8 Å². The first-order valence-corrected chi connectivity index (χ1v) is 20.7. The second-order valence-electron chi connectivity index (χ2n) is 11.4. The van der Waals surface area contributed by atoms with E-state index in [-0.39, 0.29) is 0 Å². The summed E-state index contributed by atoms with van der Waals surface area (Å²) in [5, 5.41) is 0. The van der Waals surface area contributed by atoms with Gasteiger partial charge in [0.1, 0.15) is 0 Å². The van der Waals surface area contributed by atoms with E-state index >= 15 is 0 Å². The van der Waals surface area contributed by atoms with Gasteiger partial charge in [-0.25, -0.2) is 9.97 Å². The maximum absolute atomic E-state index is 4.63. The van der Waals surface area contributed by atoms with Gasteiger partial charge in [0.25, 0.3) is 0 Å². The van der Waals surface area contributed by atoms with Crippen molar-refractivity contribution in [1.82, 2.24) is 19.9 Å². The van der Waals surface area contributed by atoms with Gasteiger partial charge in [-0.1, -0.05) is 0 Å². The fraction of sp³-hybridized carbons (Fsp3) is 0. The van der Waals surface area contributed by atoms with Crippen molar-refractivity contribution < 1.29 is 16.1 Å². The van der Waals surface area contributed by atoms with Crippen LogP contribution < -0.4 is 15.8 Å². The predicted octanol–water partition coefficient (Wildman–Crippen LogP) is 8.10. The fourth-order valence-corrected chi connectivity index (χ4v) is 16.7. The van der Waals surface area contributed by atoms with E-state index in [0.29, 0.717) is 0 Å². The van der Waals surface area contributed by atoms with Crippen LogP contribution in [0.1, 0.15) is 22.8 Å². The van der Waals surface area contributed by atoms with Gasteiger partial charge in [0.2, 0.25) is 0 Å². The van der Waals surface area contributed by atoms with E-state index in [1.165, 1.54) is 15.8 Å². The van der Waals surface area contributed by atoms with Gasteiger partial charge in [0.15, 0.2) is 0 Å². The normalized spacial score (nSPS) is 12.2. The molecule has 8 bridgehead atoms. The molecular formula is C44H34N4Pt. The number of nitrogens with zero attached hydrogens (tertiary/aromatic N) is 2. The van der Waals surface area contributed by atoms with E-state index in [1.54, 1.807) is 0 Å². The Balaban J connectivity index is 0.000000142. The molecule has 0 atom stereocenters. The molecule has 0 fully saturated rings. The maximum atomic E-state index is 4.63. The third-order valence-electron chi connectivity index (χ3n) is 7.99. The van der Waals surface area contributed by atoms with Crippen molar-refractivity contribution in [2.24, 2.45) is 0 Å². The van der Waals surface area contributed by atoms with Crippen LogP contribution in [0.2, 0.25) is 0 Å². The molecule has 2 N–H and O–H groups in total. The van der Waals surface area contributed by atoms with Crippen LogP contribution in [0, 0.1) is 0 Å². The Morgan fingerprint density at radius 3 is 0.796 bits per heavy atom. The molecule has 0 unspecified atom stereocenters. The fourth-order valence-electron chi connectivity index (χ4n) is 5.82. The Kier molecular flexibility index (Phi) is 8.54. The molecule has 0 amide bonds. The van der Waals surface area contributed by atoms with Gasteiger partial charge in [0.05, 0.1) is 22.8 Å². The molecule has 4 nitrogen and oxygen atoms in total. The molecule has 7 aromatic rings. The number of nitrogens with one attached hydrogen (secondary N) is 2. The molecule has 0 saturated heterocycles. The molecule has 0 spiro atoms. The first-order chi connectivity index (χ1) is 24.2. The molecule has 5 heterocycles. The standard InChI is InChI=1S/C20H14N4.4C6H5.Pt/c1-2-14-10-16-5-6-18(23-16)12-20-8-7-19(24-20)11-17-4-3-15(22-17)9-13(1)21-14;4*1-2-4-6-5-3-1;/h1-12,21,24H;4*1-5H;. The van der Waals surface area contributed by atoms with Gasteiger partial charge in [-0.3, -0.25) is 0 Å². The number of aromatic nitrogens is 4. The summed E-state index contributed by atoms with van der Waals surface area (Å²) in [6.45, 7) is 0. The Morgan fingerprint density at radius 2 is 0.551 bits per heavy atom. The average molecular weight is 814 g/mol. The van der Waals surface area contributed by atoms with Crippen LogP contribution in [-0.4, -0.2) is 19.9 Å². The molecule has 3 aromatic heterocycles. The zero-order valence-electron chi connectivity index (χ0n) is 26.7. The van der Waals surface area contributed by atoms with Crippen LogP contribution in [0.3, 0.4) is 0 Å². The van der Waals surface area contributed by atoms with Crippen molar-refractivity contribution in [2.45, 2.75) is 0 Å². The summed E-state index contributed by atoms with van der Waals surface area (Å²) < 4.78 is 5.83. The summed E-state index contributed by atoms with van der Waals surface area (Å²) in [6.07, 6.45) is 8.09. The van der Waals surface area contributed by atoms with Gasteiger partial charge in [0, 0.05) is 22.1 Å². The Morgan fingerprint density at radius 1 is 0.306 bits per heavy atom. The van der Waals surface area contributed by atoms with Crippen LogP contribution in [0.25, 0.3) is 46.4 Å². The van der Waals surface area contributed by atoms with E-state index in [1.807, 2.05) is 48.6 Å². The number of hydrogen-bond acceptors (Lipinski definition) is 2. The molecule has 2 aliphatic heterocycles. The molecular weight excluding hydrogens is 780 g/mol. The number of benzene rings is 4. The minimum absolute atomic E-state index is 0.939. The van der Waals surface area contributed by atoms with E-state index in [9.17, 15) is 0 Å². The molecule has 0 aliphatic carbocycles. The van der Waals surface area contributed by atoms with E-state index < -0.39 is 16.1 Å². The summed E-state index contributed by atoms with van der Waals surface area (Å²) >= 11 is -2.89. The van der Waals surface area contributed by atoms with Crippen LogP contribution in [0.15, 0.2) is 170 Å². The summed E-state index contributed by atoms with van der Waals surface area (Å²) in [5.74, 6) is 0. The second-order valence-corrected chi connectivity index (χ2v) is 20.1. The van der Waals surface area contributed by atoms with Crippen molar-refractivity contribution in [1.29, 1.82) is 0 Å². The molecule has 0 saturated carbocycles. The number of aromatic amines is 2. The molecule has 0 radical (unpaired) electrons. The summed E-state index contributed by atoms with van der Waals surface area (Å²) in [7, 11) is 0. The number of H-pyrrole nitrogens is 2. The Labute approximate surface area is 289 Å². The van der Waals surface area contributed by atoms with Crippen molar-refractivity contribution in [3.8, 4) is 0 Å². The van der Waals surface area contributed by atoms with Crippen LogP contribution in [0.4, 0.5) is 0 Å². The zero-order chi connectivity index (χ0) is 32.9. The van der Waals surface area contributed by atoms with E-state index in [4.69, 9.17) is 0 Å². The zero-order valence-corrected chi connectivity index (χ0v) is 29.0. The third-order valence-corrected chi connectivity index (χ3v) is 18.9. The first kappa shape index (κ1) is 30.5. The van der Waals surface area contributed by atoms with Gasteiger partial charge < -0.3 is 9.97 Å². The topological polar surface area (TPSA) is 57.4 Å². The number of rotatable bonds is 4. The Bertz CT molecular complexity index is 2090.